The smallest absolute Gasteiger partial charge is 0.241 e. The molecular formula is C16H21ClN2O2. The second kappa shape index (κ2) is 7.90. The Morgan fingerprint density at radius 1 is 1.38 bits per heavy atom. The molecule has 0 saturated heterocycles. The van der Waals surface area contributed by atoms with Gasteiger partial charge in [-0.1, -0.05) is 13.8 Å². The molecule has 0 aliphatic rings. The highest BCUT2D eigenvalue weighted by molar-refractivity contribution is 6.29. The number of nitriles is 1. The average Bonchev–Trinajstić information content (AvgIpc) is 2.50. The van der Waals surface area contributed by atoms with E-state index in [0.717, 1.165) is 17.9 Å². The molecule has 1 rings (SSSR count). The molecule has 0 bridgehead atoms. The van der Waals surface area contributed by atoms with Gasteiger partial charge < -0.3 is 9.64 Å². The highest BCUT2D eigenvalue weighted by Gasteiger charge is 2.25. The Morgan fingerprint density at radius 2 is 2.00 bits per heavy atom. The van der Waals surface area contributed by atoms with Gasteiger partial charge in [0.25, 0.3) is 0 Å². The van der Waals surface area contributed by atoms with E-state index in [0.29, 0.717) is 13.0 Å². The van der Waals surface area contributed by atoms with E-state index in [1.54, 1.807) is 12.0 Å². The average molecular weight is 309 g/mol. The van der Waals surface area contributed by atoms with Crippen LogP contribution in [0.1, 0.15) is 26.7 Å². The Kier molecular flexibility index (Phi) is 6.51. The predicted molar refractivity (Wildman–Crippen MR) is 84.7 cm³/mol. The molecule has 5 heteroatoms. The molecule has 0 aromatic heterocycles. The summed E-state index contributed by atoms with van der Waals surface area (Å²) in [5.74, 6) is 0.521. The molecule has 0 atom stereocenters. The number of carbonyl (C=O) groups excluding carboxylic acids is 1. The summed E-state index contributed by atoms with van der Waals surface area (Å²) in [5.41, 5.74) is 0.628. The van der Waals surface area contributed by atoms with Crippen LogP contribution >= 0.6 is 11.6 Å². The largest absolute Gasteiger partial charge is 0.497 e. The van der Waals surface area contributed by atoms with Crippen LogP contribution in [0.5, 0.6) is 5.75 Å². The highest BCUT2D eigenvalue weighted by Crippen LogP contribution is 2.28. The lowest BCUT2D eigenvalue weighted by atomic mass is 9.87. The van der Waals surface area contributed by atoms with E-state index < -0.39 is 0 Å². The number of methoxy groups -OCH3 is 1. The molecule has 0 aliphatic carbocycles. The zero-order chi connectivity index (χ0) is 15.9. The zero-order valence-corrected chi connectivity index (χ0v) is 13.5. The first-order chi connectivity index (χ1) is 9.93. The Morgan fingerprint density at radius 3 is 2.48 bits per heavy atom. The van der Waals surface area contributed by atoms with E-state index in [-0.39, 0.29) is 17.2 Å². The lowest BCUT2D eigenvalue weighted by Gasteiger charge is -2.32. The maximum atomic E-state index is 12.1. The Balaban J connectivity index is 2.95. The van der Waals surface area contributed by atoms with Crippen molar-refractivity contribution in [2.75, 3.05) is 24.4 Å². The van der Waals surface area contributed by atoms with Crippen molar-refractivity contribution in [2.24, 2.45) is 5.41 Å². The van der Waals surface area contributed by atoms with Crippen molar-refractivity contribution in [3.63, 3.8) is 0 Å². The third kappa shape index (κ3) is 5.28. The summed E-state index contributed by atoms with van der Waals surface area (Å²) in [6.45, 7) is 4.61. The van der Waals surface area contributed by atoms with Crippen LogP contribution in [0.2, 0.25) is 0 Å². The third-order valence-electron chi connectivity index (χ3n) is 3.30. The van der Waals surface area contributed by atoms with Gasteiger partial charge in [0.1, 0.15) is 11.6 Å². The van der Waals surface area contributed by atoms with Crippen molar-refractivity contribution in [3.05, 3.63) is 24.3 Å². The fraction of sp³-hybridized carbons (Fsp3) is 0.500. The Labute approximate surface area is 131 Å². The number of benzene rings is 1. The van der Waals surface area contributed by atoms with E-state index in [9.17, 15) is 4.79 Å². The fourth-order valence-electron chi connectivity index (χ4n) is 2.06. The minimum absolute atomic E-state index is 0.0691. The van der Waals surface area contributed by atoms with E-state index >= 15 is 0 Å². The van der Waals surface area contributed by atoms with Crippen LogP contribution < -0.4 is 9.64 Å². The molecule has 1 amide bonds. The lowest BCUT2D eigenvalue weighted by Crippen LogP contribution is -2.39. The van der Waals surface area contributed by atoms with Crippen molar-refractivity contribution < 1.29 is 9.53 Å². The SMILES string of the molecule is COc1ccc(N(CC(C)(C)CCC#N)C(=O)CCl)cc1. The Hall–Kier alpha value is -1.73. The molecule has 1 aromatic rings. The van der Waals surface area contributed by atoms with Gasteiger partial charge in [-0.3, -0.25) is 4.79 Å². The van der Waals surface area contributed by atoms with Gasteiger partial charge in [0, 0.05) is 18.7 Å². The van der Waals surface area contributed by atoms with Crippen LogP contribution in [0.3, 0.4) is 0 Å². The number of nitrogens with zero attached hydrogens (tertiary/aromatic N) is 2. The van der Waals surface area contributed by atoms with Gasteiger partial charge in [-0.25, -0.2) is 0 Å². The van der Waals surface area contributed by atoms with Crippen molar-refractivity contribution in [2.45, 2.75) is 26.7 Å². The molecule has 0 spiro atoms. The highest BCUT2D eigenvalue weighted by atomic mass is 35.5. The molecule has 0 aliphatic heterocycles. The molecule has 114 valence electrons. The number of hydrogen-bond acceptors (Lipinski definition) is 3. The van der Waals surface area contributed by atoms with Gasteiger partial charge in [-0.15, -0.1) is 11.6 Å². The number of anilines is 1. The zero-order valence-electron chi connectivity index (χ0n) is 12.7. The molecule has 0 N–H and O–H groups in total. The van der Waals surface area contributed by atoms with Crippen LogP contribution in [0.4, 0.5) is 5.69 Å². The monoisotopic (exact) mass is 308 g/mol. The van der Waals surface area contributed by atoms with Crippen molar-refractivity contribution in [3.8, 4) is 11.8 Å². The van der Waals surface area contributed by atoms with Crippen LogP contribution in [0.25, 0.3) is 0 Å². The lowest BCUT2D eigenvalue weighted by molar-refractivity contribution is -0.116. The van der Waals surface area contributed by atoms with Gasteiger partial charge in [0.15, 0.2) is 0 Å². The molecule has 0 fully saturated rings. The number of amides is 1. The number of alkyl halides is 1. The van der Waals surface area contributed by atoms with Crippen molar-refractivity contribution in [1.29, 1.82) is 5.26 Å². The number of ether oxygens (including phenoxy) is 1. The molecule has 4 nitrogen and oxygen atoms in total. The maximum Gasteiger partial charge on any atom is 0.241 e. The Bertz CT molecular complexity index is 506. The first-order valence-corrected chi connectivity index (χ1v) is 7.34. The minimum Gasteiger partial charge on any atom is -0.497 e. The summed E-state index contributed by atoms with van der Waals surface area (Å²) >= 11 is 5.72. The summed E-state index contributed by atoms with van der Waals surface area (Å²) in [5, 5.41) is 8.73. The van der Waals surface area contributed by atoms with Crippen molar-refractivity contribution in [1.82, 2.24) is 0 Å². The molecular weight excluding hydrogens is 288 g/mol. The second-order valence-electron chi connectivity index (χ2n) is 5.63. The van der Waals surface area contributed by atoms with Crippen molar-refractivity contribution >= 4 is 23.2 Å². The van der Waals surface area contributed by atoms with Gasteiger partial charge >= 0.3 is 0 Å². The minimum atomic E-state index is -0.155. The molecule has 21 heavy (non-hydrogen) atoms. The first-order valence-electron chi connectivity index (χ1n) is 6.81. The number of hydrogen-bond donors (Lipinski definition) is 0. The predicted octanol–water partition coefficient (Wildman–Crippen LogP) is 3.60. The second-order valence-corrected chi connectivity index (χ2v) is 5.90. The number of rotatable bonds is 7. The molecule has 0 heterocycles. The first kappa shape index (κ1) is 17.3. The molecule has 1 aromatic carbocycles. The summed E-state index contributed by atoms with van der Waals surface area (Å²) in [7, 11) is 1.60. The number of halogens is 1. The normalized spacial score (nSPS) is 10.8. The van der Waals surface area contributed by atoms with E-state index in [1.807, 2.05) is 38.1 Å². The van der Waals surface area contributed by atoms with E-state index in [2.05, 4.69) is 6.07 Å². The van der Waals surface area contributed by atoms with Gasteiger partial charge in [-0.2, -0.15) is 5.26 Å². The van der Waals surface area contributed by atoms with Gasteiger partial charge in [-0.05, 0) is 36.1 Å². The summed E-state index contributed by atoms with van der Waals surface area (Å²) < 4.78 is 5.12. The quantitative estimate of drug-likeness (QED) is 0.723. The van der Waals surface area contributed by atoms with Crippen LogP contribution in [-0.4, -0.2) is 25.4 Å². The molecule has 0 unspecified atom stereocenters. The molecule has 0 radical (unpaired) electrons. The van der Waals surface area contributed by atoms with E-state index in [1.165, 1.54) is 0 Å². The van der Waals surface area contributed by atoms with Crippen LogP contribution in [0, 0.1) is 16.7 Å². The maximum absolute atomic E-state index is 12.1. The topological polar surface area (TPSA) is 53.3 Å². The van der Waals surface area contributed by atoms with Gasteiger partial charge in [0.2, 0.25) is 5.91 Å². The third-order valence-corrected chi connectivity index (χ3v) is 3.53. The molecule has 0 saturated carbocycles. The van der Waals surface area contributed by atoms with E-state index in [4.69, 9.17) is 21.6 Å². The van der Waals surface area contributed by atoms with Gasteiger partial charge in [0.05, 0.1) is 13.2 Å². The fourth-order valence-corrected chi connectivity index (χ4v) is 2.20. The van der Waals surface area contributed by atoms with Crippen LogP contribution in [-0.2, 0) is 4.79 Å². The summed E-state index contributed by atoms with van der Waals surface area (Å²) in [6.07, 6.45) is 1.20. The summed E-state index contributed by atoms with van der Waals surface area (Å²) in [6, 6.07) is 9.45. The van der Waals surface area contributed by atoms with Crippen LogP contribution in [0.15, 0.2) is 24.3 Å². The summed E-state index contributed by atoms with van der Waals surface area (Å²) in [4.78, 5) is 13.8. The number of carbonyl (C=O) groups is 1. The standard InChI is InChI=1S/C16H21ClN2O2/c1-16(2,9-4-10-18)12-19(15(20)11-17)13-5-7-14(21-3)8-6-13/h5-8H,4,9,11-12H2,1-3H3.